The predicted molar refractivity (Wildman–Crippen MR) is 77.6 cm³/mol. The third-order valence-corrected chi connectivity index (χ3v) is 2.87. The molecule has 20 heavy (non-hydrogen) atoms. The summed E-state index contributed by atoms with van der Waals surface area (Å²) < 4.78 is 13.0. The third kappa shape index (κ3) is 5.40. The van der Waals surface area contributed by atoms with Crippen molar-refractivity contribution in [2.45, 2.75) is 40.5 Å². The molecule has 108 valence electrons. The van der Waals surface area contributed by atoms with Gasteiger partial charge in [-0.15, -0.1) is 0 Å². The second-order valence-electron chi connectivity index (χ2n) is 6.42. The van der Waals surface area contributed by atoms with Crippen molar-refractivity contribution in [3.05, 3.63) is 29.6 Å². The van der Waals surface area contributed by atoms with Crippen molar-refractivity contribution >= 4 is 11.6 Å². The number of carbonyl (C=O) groups is 1. The molecule has 1 aromatic rings. The van der Waals surface area contributed by atoms with Gasteiger partial charge in [0.25, 0.3) is 0 Å². The Morgan fingerprint density at radius 3 is 2.65 bits per heavy atom. The van der Waals surface area contributed by atoms with Crippen LogP contribution in [0.2, 0.25) is 0 Å². The third-order valence-electron chi connectivity index (χ3n) is 2.87. The van der Waals surface area contributed by atoms with Gasteiger partial charge in [0.1, 0.15) is 11.9 Å². The molecule has 1 aromatic carbocycles. The lowest BCUT2D eigenvalue weighted by Crippen LogP contribution is -2.19. The Balaban J connectivity index is 2.66. The lowest BCUT2D eigenvalue weighted by atomic mass is 9.84. The van der Waals surface area contributed by atoms with Gasteiger partial charge < -0.3 is 5.32 Å². The molecule has 0 aliphatic rings. The number of anilines is 1. The van der Waals surface area contributed by atoms with Crippen LogP contribution in [0.25, 0.3) is 0 Å². The zero-order valence-electron chi connectivity index (χ0n) is 12.5. The lowest BCUT2D eigenvalue weighted by Gasteiger charge is -2.22. The van der Waals surface area contributed by atoms with Crippen LogP contribution in [-0.2, 0) is 4.79 Å². The van der Waals surface area contributed by atoms with E-state index in [9.17, 15) is 9.18 Å². The van der Waals surface area contributed by atoms with Crippen LogP contribution in [0.4, 0.5) is 10.1 Å². The first kappa shape index (κ1) is 16.2. The van der Waals surface area contributed by atoms with E-state index < -0.39 is 5.82 Å². The van der Waals surface area contributed by atoms with E-state index in [4.69, 9.17) is 5.26 Å². The van der Waals surface area contributed by atoms with E-state index in [1.165, 1.54) is 12.1 Å². The number of carbonyl (C=O) groups excluding carboxylic acids is 1. The minimum atomic E-state index is -0.486. The smallest absolute Gasteiger partial charge is 0.224 e. The van der Waals surface area contributed by atoms with Crippen molar-refractivity contribution in [2.24, 2.45) is 11.3 Å². The monoisotopic (exact) mass is 276 g/mol. The molecular weight excluding hydrogens is 255 g/mol. The van der Waals surface area contributed by atoms with Crippen LogP contribution < -0.4 is 5.32 Å². The molecule has 0 radical (unpaired) electrons. The van der Waals surface area contributed by atoms with Crippen LogP contribution in [0.5, 0.6) is 0 Å². The van der Waals surface area contributed by atoms with Crippen molar-refractivity contribution in [2.75, 3.05) is 5.32 Å². The number of hydrogen-bond acceptors (Lipinski definition) is 2. The summed E-state index contributed by atoms with van der Waals surface area (Å²) in [6.07, 6.45) is 1.33. The maximum absolute atomic E-state index is 13.0. The lowest BCUT2D eigenvalue weighted by molar-refractivity contribution is -0.117. The van der Waals surface area contributed by atoms with Crippen LogP contribution in [0, 0.1) is 28.5 Å². The first-order chi connectivity index (χ1) is 9.21. The SMILES string of the molecule is CC(CC(=O)Nc1ccc(F)cc1C#N)CC(C)(C)C. The first-order valence-corrected chi connectivity index (χ1v) is 6.71. The second kappa shape index (κ2) is 6.51. The number of benzene rings is 1. The van der Waals surface area contributed by atoms with E-state index >= 15 is 0 Å². The highest BCUT2D eigenvalue weighted by Gasteiger charge is 2.18. The van der Waals surface area contributed by atoms with Crippen LogP contribution in [0.1, 0.15) is 46.1 Å². The Bertz CT molecular complexity index is 526. The summed E-state index contributed by atoms with van der Waals surface area (Å²) in [4.78, 5) is 11.9. The topological polar surface area (TPSA) is 52.9 Å². The molecule has 0 saturated heterocycles. The van der Waals surface area contributed by atoms with Gasteiger partial charge in [-0.05, 0) is 36.0 Å². The van der Waals surface area contributed by atoms with Gasteiger partial charge in [0, 0.05) is 6.42 Å². The summed E-state index contributed by atoms with van der Waals surface area (Å²) in [7, 11) is 0. The molecule has 3 nitrogen and oxygen atoms in total. The number of halogens is 1. The predicted octanol–water partition coefficient (Wildman–Crippen LogP) is 4.10. The zero-order chi connectivity index (χ0) is 15.3. The Kier molecular flexibility index (Phi) is 5.26. The van der Waals surface area contributed by atoms with Crippen molar-refractivity contribution in [3.8, 4) is 6.07 Å². The maximum Gasteiger partial charge on any atom is 0.224 e. The molecule has 0 fully saturated rings. The normalized spacial score (nSPS) is 12.6. The minimum Gasteiger partial charge on any atom is -0.325 e. The summed E-state index contributed by atoms with van der Waals surface area (Å²) in [5, 5.41) is 11.6. The summed E-state index contributed by atoms with van der Waals surface area (Å²) in [6.45, 7) is 8.43. The van der Waals surface area contributed by atoms with Gasteiger partial charge in [0.2, 0.25) is 5.91 Å². The van der Waals surface area contributed by atoms with Gasteiger partial charge >= 0.3 is 0 Å². The van der Waals surface area contributed by atoms with Gasteiger partial charge in [0.15, 0.2) is 0 Å². The average Bonchev–Trinajstić information content (AvgIpc) is 2.28. The second-order valence-corrected chi connectivity index (χ2v) is 6.42. The number of nitrogens with one attached hydrogen (secondary N) is 1. The van der Waals surface area contributed by atoms with Crippen molar-refractivity contribution < 1.29 is 9.18 Å². The molecule has 0 saturated carbocycles. The van der Waals surface area contributed by atoms with Gasteiger partial charge in [-0.2, -0.15) is 5.26 Å². The molecular formula is C16H21FN2O. The van der Waals surface area contributed by atoms with Crippen LogP contribution in [-0.4, -0.2) is 5.91 Å². The molecule has 0 bridgehead atoms. The van der Waals surface area contributed by atoms with Crippen LogP contribution in [0.3, 0.4) is 0 Å². The summed E-state index contributed by atoms with van der Waals surface area (Å²) in [5.41, 5.74) is 0.677. The average molecular weight is 276 g/mol. The number of rotatable bonds is 4. The highest BCUT2D eigenvalue weighted by atomic mass is 19.1. The largest absolute Gasteiger partial charge is 0.325 e. The molecule has 0 spiro atoms. The maximum atomic E-state index is 13.0. The number of hydrogen-bond donors (Lipinski definition) is 1. The fourth-order valence-corrected chi connectivity index (χ4v) is 2.35. The molecule has 0 aliphatic carbocycles. The number of amides is 1. The first-order valence-electron chi connectivity index (χ1n) is 6.71. The van der Waals surface area contributed by atoms with Crippen LogP contribution >= 0.6 is 0 Å². The summed E-state index contributed by atoms with van der Waals surface area (Å²) in [6, 6.07) is 5.65. The van der Waals surface area contributed by atoms with Gasteiger partial charge in [0.05, 0.1) is 11.3 Å². The van der Waals surface area contributed by atoms with E-state index in [0.717, 1.165) is 12.5 Å². The fraction of sp³-hybridized carbons (Fsp3) is 0.500. The zero-order valence-corrected chi connectivity index (χ0v) is 12.5. The van der Waals surface area contributed by atoms with E-state index in [1.807, 2.05) is 13.0 Å². The molecule has 0 aromatic heterocycles. The molecule has 0 aliphatic heterocycles. The Labute approximate surface area is 119 Å². The molecule has 0 heterocycles. The summed E-state index contributed by atoms with van der Waals surface area (Å²) in [5.74, 6) is -0.383. The van der Waals surface area contributed by atoms with E-state index in [2.05, 4.69) is 26.1 Å². The Hall–Kier alpha value is -1.89. The molecule has 1 amide bonds. The van der Waals surface area contributed by atoms with E-state index in [1.54, 1.807) is 0 Å². The molecule has 4 heteroatoms. The fourth-order valence-electron chi connectivity index (χ4n) is 2.35. The van der Waals surface area contributed by atoms with Crippen molar-refractivity contribution in [3.63, 3.8) is 0 Å². The van der Waals surface area contributed by atoms with E-state index in [0.29, 0.717) is 12.1 Å². The highest BCUT2D eigenvalue weighted by molar-refractivity contribution is 5.92. The van der Waals surface area contributed by atoms with Crippen LogP contribution in [0.15, 0.2) is 18.2 Å². The number of nitriles is 1. The molecule has 1 N–H and O–H groups in total. The molecule has 1 unspecified atom stereocenters. The Morgan fingerprint density at radius 1 is 1.45 bits per heavy atom. The van der Waals surface area contributed by atoms with Gasteiger partial charge in [-0.1, -0.05) is 27.7 Å². The molecule has 1 atom stereocenters. The molecule has 1 rings (SSSR count). The van der Waals surface area contributed by atoms with Gasteiger partial charge in [-0.25, -0.2) is 4.39 Å². The quantitative estimate of drug-likeness (QED) is 0.900. The minimum absolute atomic E-state index is 0.141. The highest BCUT2D eigenvalue weighted by Crippen LogP contribution is 2.26. The standard InChI is InChI=1S/C16H21FN2O/c1-11(9-16(2,3)4)7-15(20)19-14-6-5-13(17)8-12(14)10-18/h5-6,8,11H,7,9H2,1-4H3,(H,19,20). The number of nitrogens with zero attached hydrogens (tertiary/aromatic N) is 1. The summed E-state index contributed by atoms with van der Waals surface area (Å²) >= 11 is 0. The van der Waals surface area contributed by atoms with E-state index in [-0.39, 0.29) is 22.8 Å². The van der Waals surface area contributed by atoms with Crippen molar-refractivity contribution in [1.29, 1.82) is 5.26 Å². The van der Waals surface area contributed by atoms with Gasteiger partial charge in [-0.3, -0.25) is 4.79 Å². The Morgan fingerprint density at radius 2 is 2.10 bits per heavy atom. The van der Waals surface area contributed by atoms with Crippen molar-refractivity contribution in [1.82, 2.24) is 0 Å².